The number of carbonyl (C=O) groups is 1. The van der Waals surface area contributed by atoms with Gasteiger partial charge in [0.25, 0.3) is 0 Å². The van der Waals surface area contributed by atoms with Gasteiger partial charge in [0.2, 0.25) is 0 Å². The molecule has 0 saturated heterocycles. The molecule has 0 aliphatic heterocycles. The van der Waals surface area contributed by atoms with E-state index in [2.05, 4.69) is 10.2 Å². The first kappa shape index (κ1) is 13.9. The minimum absolute atomic E-state index is 0.0148. The number of aliphatic hydroxyl groups is 2. The van der Waals surface area contributed by atoms with Crippen LogP contribution >= 0.6 is 11.8 Å². The molecule has 1 heterocycles. The summed E-state index contributed by atoms with van der Waals surface area (Å²) in [5.41, 5.74) is 5.62. The third kappa shape index (κ3) is 4.68. The Morgan fingerprint density at radius 1 is 1.47 bits per heavy atom. The van der Waals surface area contributed by atoms with E-state index < -0.39 is 12.2 Å². The molecule has 0 bridgehead atoms. The maximum Gasteiger partial charge on any atom is 0.185 e. The van der Waals surface area contributed by atoms with Gasteiger partial charge in [-0.15, -0.1) is 5.10 Å². The van der Waals surface area contributed by atoms with Crippen LogP contribution in [0.1, 0.15) is 25.1 Å². The summed E-state index contributed by atoms with van der Waals surface area (Å²) in [6.07, 6.45) is -1.78. The van der Waals surface area contributed by atoms with Crippen molar-refractivity contribution in [2.45, 2.75) is 25.6 Å². The smallest absolute Gasteiger partial charge is 0.185 e. The SMILES string of the molecule is CC(=O)SCCC(O)C(O)c1ccc(N)nn1. The van der Waals surface area contributed by atoms with Crippen LogP contribution in [-0.4, -0.2) is 37.4 Å². The number of thioether (sulfide) groups is 1. The average molecular weight is 257 g/mol. The molecule has 4 N–H and O–H groups in total. The van der Waals surface area contributed by atoms with Gasteiger partial charge in [0, 0.05) is 12.7 Å². The van der Waals surface area contributed by atoms with Gasteiger partial charge in [-0.1, -0.05) is 11.8 Å². The van der Waals surface area contributed by atoms with Gasteiger partial charge in [0.05, 0.1) is 11.8 Å². The molecule has 0 fully saturated rings. The van der Waals surface area contributed by atoms with Gasteiger partial charge in [-0.3, -0.25) is 4.79 Å². The molecule has 1 aromatic rings. The number of aliphatic hydroxyl groups excluding tert-OH is 2. The molecule has 2 atom stereocenters. The summed E-state index contributed by atoms with van der Waals surface area (Å²) in [7, 11) is 0. The number of rotatable bonds is 5. The number of hydrogen-bond donors (Lipinski definition) is 3. The highest BCUT2D eigenvalue weighted by molar-refractivity contribution is 8.13. The van der Waals surface area contributed by atoms with Gasteiger partial charge in [-0.2, -0.15) is 5.10 Å². The van der Waals surface area contributed by atoms with Crippen molar-refractivity contribution in [3.05, 3.63) is 17.8 Å². The van der Waals surface area contributed by atoms with E-state index in [1.54, 1.807) is 0 Å². The largest absolute Gasteiger partial charge is 0.390 e. The van der Waals surface area contributed by atoms with Crippen molar-refractivity contribution in [2.75, 3.05) is 11.5 Å². The lowest BCUT2D eigenvalue weighted by molar-refractivity contribution is -0.109. The highest BCUT2D eigenvalue weighted by Gasteiger charge is 2.19. The Balaban J connectivity index is 2.48. The molecule has 0 amide bonds. The van der Waals surface area contributed by atoms with Crippen molar-refractivity contribution in [1.82, 2.24) is 10.2 Å². The van der Waals surface area contributed by atoms with Crippen LogP contribution in [0.4, 0.5) is 5.82 Å². The Kier molecular flexibility index (Phi) is 5.33. The van der Waals surface area contributed by atoms with E-state index in [0.29, 0.717) is 12.2 Å². The van der Waals surface area contributed by atoms with Gasteiger partial charge in [-0.25, -0.2) is 0 Å². The topological polar surface area (TPSA) is 109 Å². The molecule has 0 aliphatic rings. The molecule has 1 rings (SSSR count). The van der Waals surface area contributed by atoms with Crippen LogP contribution in [-0.2, 0) is 4.79 Å². The van der Waals surface area contributed by atoms with Crippen molar-refractivity contribution < 1.29 is 15.0 Å². The monoisotopic (exact) mass is 257 g/mol. The van der Waals surface area contributed by atoms with E-state index in [1.807, 2.05) is 0 Å². The first-order valence-corrected chi connectivity index (χ1v) is 6.08. The summed E-state index contributed by atoms with van der Waals surface area (Å²) < 4.78 is 0. The maximum atomic E-state index is 10.7. The van der Waals surface area contributed by atoms with Crippen LogP contribution in [0.15, 0.2) is 12.1 Å². The van der Waals surface area contributed by atoms with E-state index >= 15 is 0 Å². The Morgan fingerprint density at radius 2 is 2.18 bits per heavy atom. The van der Waals surface area contributed by atoms with E-state index in [9.17, 15) is 15.0 Å². The minimum Gasteiger partial charge on any atom is -0.390 e. The van der Waals surface area contributed by atoms with Crippen molar-refractivity contribution in [2.24, 2.45) is 0 Å². The van der Waals surface area contributed by atoms with Crippen LogP contribution in [0.3, 0.4) is 0 Å². The Bertz CT molecular complexity index is 372. The number of aromatic nitrogens is 2. The molecule has 0 aliphatic carbocycles. The molecule has 6 nitrogen and oxygen atoms in total. The quantitative estimate of drug-likeness (QED) is 0.687. The second-order valence-electron chi connectivity index (χ2n) is 3.52. The van der Waals surface area contributed by atoms with Crippen molar-refractivity contribution in [1.29, 1.82) is 0 Å². The van der Waals surface area contributed by atoms with Gasteiger partial charge in [0.1, 0.15) is 11.9 Å². The molecule has 1 aromatic heterocycles. The lowest BCUT2D eigenvalue weighted by Crippen LogP contribution is -2.20. The zero-order valence-electron chi connectivity index (χ0n) is 9.41. The summed E-state index contributed by atoms with van der Waals surface area (Å²) in [6, 6.07) is 3.01. The number of anilines is 1. The van der Waals surface area contributed by atoms with E-state index in [4.69, 9.17) is 5.73 Å². The zero-order valence-corrected chi connectivity index (χ0v) is 10.2. The molecule has 94 valence electrons. The fourth-order valence-electron chi connectivity index (χ4n) is 1.19. The molecule has 2 unspecified atom stereocenters. The second kappa shape index (κ2) is 6.53. The molecule has 0 aromatic carbocycles. The Morgan fingerprint density at radius 3 is 2.71 bits per heavy atom. The van der Waals surface area contributed by atoms with Crippen LogP contribution in [0.5, 0.6) is 0 Å². The van der Waals surface area contributed by atoms with E-state index in [-0.39, 0.29) is 16.6 Å². The van der Waals surface area contributed by atoms with Gasteiger partial charge >= 0.3 is 0 Å². The van der Waals surface area contributed by atoms with Crippen LogP contribution in [0.2, 0.25) is 0 Å². The summed E-state index contributed by atoms with van der Waals surface area (Å²) in [6.45, 7) is 1.46. The standard InChI is InChI=1S/C10H15N3O3S/c1-6(14)17-5-4-8(15)10(16)7-2-3-9(11)13-12-7/h2-3,8,10,15-16H,4-5H2,1H3,(H2,11,13). The minimum atomic E-state index is -1.12. The van der Waals surface area contributed by atoms with Crippen molar-refractivity contribution in [3.63, 3.8) is 0 Å². The van der Waals surface area contributed by atoms with E-state index in [1.165, 1.54) is 19.1 Å². The Hall–Kier alpha value is -1.18. The number of nitrogens with zero attached hydrogens (tertiary/aromatic N) is 2. The zero-order chi connectivity index (χ0) is 12.8. The van der Waals surface area contributed by atoms with Gasteiger partial charge in [0.15, 0.2) is 5.12 Å². The lowest BCUT2D eigenvalue weighted by atomic mass is 10.1. The van der Waals surface area contributed by atoms with E-state index in [0.717, 1.165) is 11.8 Å². The first-order valence-electron chi connectivity index (χ1n) is 5.09. The summed E-state index contributed by atoms with van der Waals surface area (Å²) >= 11 is 1.11. The fourth-order valence-corrected chi connectivity index (χ4v) is 1.84. The maximum absolute atomic E-state index is 10.7. The normalized spacial score (nSPS) is 14.3. The summed E-state index contributed by atoms with van der Waals surface area (Å²) in [5, 5.41) is 26.7. The molecule has 0 radical (unpaired) electrons. The average Bonchev–Trinajstić information content (AvgIpc) is 2.28. The third-order valence-corrected chi connectivity index (χ3v) is 2.94. The van der Waals surface area contributed by atoms with Gasteiger partial charge in [-0.05, 0) is 18.6 Å². The second-order valence-corrected chi connectivity index (χ2v) is 4.80. The van der Waals surface area contributed by atoms with Crippen LogP contribution in [0, 0.1) is 0 Å². The number of nitrogen functional groups attached to an aromatic ring is 1. The number of carbonyl (C=O) groups excluding carboxylic acids is 1. The number of hydrogen-bond acceptors (Lipinski definition) is 7. The predicted molar refractivity (Wildman–Crippen MR) is 65.2 cm³/mol. The van der Waals surface area contributed by atoms with Crippen LogP contribution in [0.25, 0.3) is 0 Å². The third-order valence-electron chi connectivity index (χ3n) is 2.09. The van der Waals surface area contributed by atoms with Crippen molar-refractivity contribution >= 4 is 22.7 Å². The molecule has 7 heteroatoms. The van der Waals surface area contributed by atoms with Crippen LogP contribution < -0.4 is 5.73 Å². The van der Waals surface area contributed by atoms with Gasteiger partial charge < -0.3 is 15.9 Å². The Labute approximate surface area is 103 Å². The molecular formula is C10H15N3O3S. The summed E-state index contributed by atoms with van der Waals surface area (Å²) in [5.74, 6) is 0.707. The predicted octanol–water partition coefficient (Wildman–Crippen LogP) is 0.123. The molecule has 0 saturated carbocycles. The highest BCUT2D eigenvalue weighted by atomic mass is 32.2. The molecule has 0 spiro atoms. The summed E-state index contributed by atoms with van der Waals surface area (Å²) in [4.78, 5) is 10.7. The molecular weight excluding hydrogens is 242 g/mol. The number of nitrogens with two attached hydrogens (primary N) is 1. The fraction of sp³-hybridized carbons (Fsp3) is 0.500. The van der Waals surface area contributed by atoms with Crippen molar-refractivity contribution in [3.8, 4) is 0 Å². The molecule has 17 heavy (non-hydrogen) atoms. The lowest BCUT2D eigenvalue weighted by Gasteiger charge is -2.16. The highest BCUT2D eigenvalue weighted by Crippen LogP contribution is 2.18. The first-order chi connectivity index (χ1) is 8.00.